The smallest absolute Gasteiger partial charge is 0.339 e. The number of nitrogens with one attached hydrogen (secondary N) is 2. The molecule has 9 heteroatoms. The summed E-state index contributed by atoms with van der Waals surface area (Å²) in [5.74, 6) is -0.976. The molecule has 3 rings (SSSR count). The Hall–Kier alpha value is -2.65. The summed E-state index contributed by atoms with van der Waals surface area (Å²) < 4.78 is 64.3. The van der Waals surface area contributed by atoms with E-state index >= 15 is 0 Å². The highest BCUT2D eigenvalue weighted by molar-refractivity contribution is 6.00. The number of halogens is 4. The van der Waals surface area contributed by atoms with Crippen LogP contribution in [-0.4, -0.2) is 17.2 Å². The Morgan fingerprint density at radius 2 is 1.52 bits per heavy atom. The molecule has 2 aromatic rings. The molecule has 1 aliphatic heterocycles. The number of hydrogen-bond donors (Lipinski definition) is 2. The molecule has 1 fully saturated rings. The van der Waals surface area contributed by atoms with Crippen molar-refractivity contribution < 1.29 is 31.8 Å². The largest absolute Gasteiger partial charge is 0.416 e. The number of urea groups is 1. The van der Waals surface area contributed by atoms with Crippen molar-refractivity contribution in [1.82, 2.24) is 0 Å². The van der Waals surface area contributed by atoms with E-state index < -0.39 is 46.8 Å². The lowest BCUT2D eigenvalue weighted by molar-refractivity contribution is -0.137. The van der Waals surface area contributed by atoms with Crippen LogP contribution in [0, 0.1) is 12.7 Å². The van der Waals surface area contributed by atoms with Crippen LogP contribution in [0.5, 0.6) is 0 Å². The van der Waals surface area contributed by atoms with Gasteiger partial charge in [-0.25, -0.2) is 9.18 Å². The van der Waals surface area contributed by atoms with Gasteiger partial charge in [0.2, 0.25) is 0 Å². The lowest BCUT2D eigenvalue weighted by Crippen LogP contribution is -2.41. The molecule has 0 atom stereocenters. The van der Waals surface area contributed by atoms with E-state index in [2.05, 4.69) is 10.6 Å². The maximum absolute atomic E-state index is 13.8. The van der Waals surface area contributed by atoms with Gasteiger partial charge in [0.1, 0.15) is 5.82 Å². The Kier molecular flexibility index (Phi) is 5.79. The molecule has 5 nitrogen and oxygen atoms in total. The number of ether oxygens (including phenoxy) is 2. The Labute approximate surface area is 177 Å². The van der Waals surface area contributed by atoms with Gasteiger partial charge in [-0.15, -0.1) is 0 Å². The quantitative estimate of drug-likeness (QED) is 0.543. The standard InChI is InChI=1S/C22H24F4N2O3/c1-12-10-13(18-30-20(2,3)21(4,5)31-18)6-9-16(12)27-19(29)28-17-11-14(22(24,25)26)7-8-15(17)23/h6-11,18H,1-5H3,(H2,27,28,29). The lowest BCUT2D eigenvalue weighted by atomic mass is 9.90. The topological polar surface area (TPSA) is 59.6 Å². The van der Waals surface area contributed by atoms with Crippen LogP contribution in [0.25, 0.3) is 0 Å². The third-order valence-electron chi connectivity index (χ3n) is 5.57. The summed E-state index contributed by atoms with van der Waals surface area (Å²) >= 11 is 0. The molecule has 0 aromatic heterocycles. The van der Waals surface area contributed by atoms with Crippen LogP contribution >= 0.6 is 0 Å². The van der Waals surface area contributed by atoms with E-state index in [1.807, 2.05) is 27.7 Å². The second kappa shape index (κ2) is 7.80. The predicted molar refractivity (Wildman–Crippen MR) is 108 cm³/mol. The van der Waals surface area contributed by atoms with Crippen molar-refractivity contribution in [1.29, 1.82) is 0 Å². The van der Waals surface area contributed by atoms with Crippen molar-refractivity contribution in [2.24, 2.45) is 0 Å². The molecule has 31 heavy (non-hydrogen) atoms. The zero-order valence-electron chi connectivity index (χ0n) is 17.8. The van der Waals surface area contributed by atoms with Gasteiger partial charge in [0.25, 0.3) is 0 Å². The Balaban J connectivity index is 1.72. The molecule has 2 amide bonds. The molecule has 0 spiro atoms. The van der Waals surface area contributed by atoms with E-state index in [0.29, 0.717) is 29.4 Å². The van der Waals surface area contributed by atoms with Gasteiger partial charge in [-0.1, -0.05) is 6.07 Å². The fraction of sp³-hybridized carbons (Fsp3) is 0.409. The summed E-state index contributed by atoms with van der Waals surface area (Å²) in [7, 11) is 0. The molecule has 0 saturated carbocycles. The molecule has 2 aromatic carbocycles. The van der Waals surface area contributed by atoms with Crippen molar-refractivity contribution in [3.05, 3.63) is 58.9 Å². The van der Waals surface area contributed by atoms with Crippen molar-refractivity contribution in [3.63, 3.8) is 0 Å². The van der Waals surface area contributed by atoms with Gasteiger partial charge in [-0.2, -0.15) is 13.2 Å². The molecule has 168 valence electrons. The first-order valence-corrected chi connectivity index (χ1v) is 9.60. The fourth-order valence-electron chi connectivity index (χ4n) is 3.03. The third kappa shape index (κ3) is 4.83. The minimum absolute atomic E-state index is 0.408. The molecule has 0 bridgehead atoms. The number of aryl methyl sites for hydroxylation is 1. The highest BCUT2D eigenvalue weighted by Crippen LogP contribution is 2.45. The molecule has 2 N–H and O–H groups in total. The predicted octanol–water partition coefficient (Wildman–Crippen LogP) is 6.40. The number of alkyl halides is 3. The summed E-state index contributed by atoms with van der Waals surface area (Å²) in [6.07, 6.45) is -5.23. The van der Waals surface area contributed by atoms with E-state index in [9.17, 15) is 22.4 Å². The van der Waals surface area contributed by atoms with Gasteiger partial charge in [0, 0.05) is 11.3 Å². The van der Waals surface area contributed by atoms with Crippen molar-refractivity contribution in [2.75, 3.05) is 10.6 Å². The fourth-order valence-corrected chi connectivity index (χ4v) is 3.03. The molecule has 1 saturated heterocycles. The van der Waals surface area contributed by atoms with Gasteiger partial charge in [0.05, 0.1) is 22.5 Å². The number of rotatable bonds is 3. The molecule has 0 radical (unpaired) electrons. The van der Waals surface area contributed by atoms with Crippen LogP contribution in [0.15, 0.2) is 36.4 Å². The van der Waals surface area contributed by atoms with Crippen LogP contribution in [-0.2, 0) is 15.7 Å². The van der Waals surface area contributed by atoms with Gasteiger partial charge in [-0.3, -0.25) is 0 Å². The highest BCUT2D eigenvalue weighted by atomic mass is 19.4. The van der Waals surface area contributed by atoms with Crippen LogP contribution in [0.3, 0.4) is 0 Å². The normalized spacial score (nSPS) is 18.1. The van der Waals surface area contributed by atoms with Crippen LogP contribution in [0.1, 0.15) is 50.7 Å². The van der Waals surface area contributed by atoms with Crippen molar-refractivity contribution >= 4 is 17.4 Å². The number of hydrogen-bond acceptors (Lipinski definition) is 3. The summed E-state index contributed by atoms with van der Waals surface area (Å²) in [4.78, 5) is 12.2. The van der Waals surface area contributed by atoms with E-state index in [1.54, 1.807) is 25.1 Å². The number of carbonyl (C=O) groups is 1. The van der Waals surface area contributed by atoms with Crippen LogP contribution in [0.4, 0.5) is 33.7 Å². The number of benzene rings is 2. The maximum Gasteiger partial charge on any atom is 0.416 e. The zero-order valence-corrected chi connectivity index (χ0v) is 17.8. The lowest BCUT2D eigenvalue weighted by Gasteiger charge is -2.30. The Bertz CT molecular complexity index is 987. The first-order valence-electron chi connectivity index (χ1n) is 9.60. The maximum atomic E-state index is 13.8. The highest BCUT2D eigenvalue weighted by Gasteiger charge is 2.49. The summed E-state index contributed by atoms with van der Waals surface area (Å²) in [5.41, 5.74) is -0.802. The third-order valence-corrected chi connectivity index (χ3v) is 5.57. The summed E-state index contributed by atoms with van der Waals surface area (Å²) in [6.45, 7) is 9.50. The van der Waals surface area contributed by atoms with E-state index in [4.69, 9.17) is 9.47 Å². The second-order valence-corrected chi connectivity index (χ2v) is 8.43. The molecule has 0 aliphatic carbocycles. The van der Waals surface area contributed by atoms with Gasteiger partial charge < -0.3 is 20.1 Å². The molecular weight excluding hydrogens is 416 g/mol. The van der Waals surface area contributed by atoms with Crippen molar-refractivity contribution in [2.45, 2.75) is 58.3 Å². The van der Waals surface area contributed by atoms with Crippen LogP contribution < -0.4 is 10.6 Å². The number of anilines is 2. The SMILES string of the molecule is Cc1cc(C2OC(C)(C)C(C)(C)O2)ccc1NC(=O)Nc1cc(C(F)(F)F)ccc1F. The van der Waals surface area contributed by atoms with Crippen LogP contribution in [0.2, 0.25) is 0 Å². The van der Waals surface area contributed by atoms with Gasteiger partial charge in [0.15, 0.2) is 6.29 Å². The van der Waals surface area contributed by atoms with E-state index in [0.717, 1.165) is 5.56 Å². The molecule has 1 heterocycles. The second-order valence-electron chi connectivity index (χ2n) is 8.43. The minimum Gasteiger partial charge on any atom is -0.339 e. The summed E-state index contributed by atoms with van der Waals surface area (Å²) in [5, 5.41) is 4.63. The Morgan fingerprint density at radius 1 is 0.935 bits per heavy atom. The molecular formula is C22H24F4N2O3. The zero-order chi connectivity index (χ0) is 23.2. The first kappa shape index (κ1) is 23.0. The number of amides is 2. The van der Waals surface area contributed by atoms with E-state index in [-0.39, 0.29) is 0 Å². The monoisotopic (exact) mass is 440 g/mol. The summed E-state index contributed by atoms with van der Waals surface area (Å²) in [6, 6.07) is 6.06. The Morgan fingerprint density at radius 3 is 2.06 bits per heavy atom. The van der Waals surface area contributed by atoms with Crippen molar-refractivity contribution in [3.8, 4) is 0 Å². The van der Waals surface area contributed by atoms with E-state index in [1.165, 1.54) is 0 Å². The average Bonchev–Trinajstić information content (AvgIpc) is 2.85. The first-order chi connectivity index (χ1) is 14.2. The molecule has 0 unspecified atom stereocenters. The average molecular weight is 440 g/mol. The van der Waals surface area contributed by atoms with Gasteiger partial charge >= 0.3 is 12.2 Å². The van der Waals surface area contributed by atoms with Gasteiger partial charge in [-0.05, 0) is 70.5 Å². The minimum atomic E-state index is -4.65. The molecule has 1 aliphatic rings. The number of carbonyl (C=O) groups excluding carboxylic acids is 1.